The molecule has 0 bridgehead atoms. The molecule has 0 aliphatic rings. The molecule has 14 heavy (non-hydrogen) atoms. The lowest BCUT2D eigenvalue weighted by Gasteiger charge is -2.17. The van der Waals surface area contributed by atoms with Crippen LogP contribution >= 0.6 is 0 Å². The lowest BCUT2D eigenvalue weighted by Crippen LogP contribution is -2.39. The molecule has 0 spiro atoms. The van der Waals surface area contributed by atoms with Crippen LogP contribution in [0, 0.1) is 5.92 Å². The minimum Gasteiger partial charge on any atom is -0.480 e. The van der Waals surface area contributed by atoms with Crippen LogP contribution in [0.5, 0.6) is 0 Å². The Morgan fingerprint density at radius 2 is 1.79 bits per heavy atom. The van der Waals surface area contributed by atoms with E-state index in [2.05, 4.69) is 0 Å². The van der Waals surface area contributed by atoms with Crippen LogP contribution in [-0.4, -0.2) is 34.3 Å². The Labute approximate surface area is 82.7 Å². The van der Waals surface area contributed by atoms with Crippen LogP contribution in [0.3, 0.4) is 0 Å². The second-order valence-electron chi connectivity index (χ2n) is 3.49. The minimum absolute atomic E-state index is 0.109. The molecule has 5 nitrogen and oxygen atoms in total. The molecule has 0 heterocycles. The summed E-state index contributed by atoms with van der Waals surface area (Å²) >= 11 is 0. The van der Waals surface area contributed by atoms with Crippen LogP contribution < -0.4 is 0 Å². The van der Waals surface area contributed by atoms with Gasteiger partial charge < -0.3 is 5.11 Å². The number of rotatable bonds is 4. The number of carboxylic acid groups (broad SMARTS) is 1. The Balaban J connectivity index is 4.41. The van der Waals surface area contributed by atoms with Crippen LogP contribution in [0.1, 0.15) is 27.2 Å². The number of carbonyl (C=O) groups excluding carboxylic acids is 2. The number of carboxylic acids is 1. The molecular formula is C9H15NO4. The third kappa shape index (κ3) is 4.59. The monoisotopic (exact) mass is 201 g/mol. The molecule has 5 heteroatoms. The Morgan fingerprint density at radius 3 is 2.07 bits per heavy atom. The summed E-state index contributed by atoms with van der Waals surface area (Å²) in [7, 11) is 0. The average molecular weight is 201 g/mol. The van der Waals surface area contributed by atoms with Gasteiger partial charge in [-0.15, -0.1) is 0 Å². The topological polar surface area (TPSA) is 74.7 Å². The lowest BCUT2D eigenvalue weighted by molar-refractivity contribution is -0.152. The molecule has 0 saturated carbocycles. The fraction of sp³-hybridized carbons (Fsp3) is 0.667. The van der Waals surface area contributed by atoms with Gasteiger partial charge in [0.25, 0.3) is 0 Å². The van der Waals surface area contributed by atoms with Gasteiger partial charge in [-0.1, -0.05) is 13.8 Å². The molecule has 0 fully saturated rings. The molecule has 0 aliphatic carbocycles. The van der Waals surface area contributed by atoms with E-state index in [-0.39, 0.29) is 12.3 Å². The summed E-state index contributed by atoms with van der Waals surface area (Å²) in [4.78, 5) is 33.4. The summed E-state index contributed by atoms with van der Waals surface area (Å²) < 4.78 is 0. The number of imide groups is 1. The van der Waals surface area contributed by atoms with Crippen LogP contribution in [0.15, 0.2) is 0 Å². The van der Waals surface area contributed by atoms with E-state index < -0.39 is 24.3 Å². The molecule has 0 rings (SSSR count). The number of carbonyl (C=O) groups is 3. The lowest BCUT2D eigenvalue weighted by atomic mass is 10.1. The molecule has 2 amide bonds. The van der Waals surface area contributed by atoms with Gasteiger partial charge in [-0.2, -0.15) is 0 Å². The van der Waals surface area contributed by atoms with Gasteiger partial charge in [0.05, 0.1) is 0 Å². The zero-order valence-electron chi connectivity index (χ0n) is 8.61. The SMILES string of the molecule is CC(=O)N(CC(=O)O)C(=O)CC(C)C. The van der Waals surface area contributed by atoms with E-state index in [1.165, 1.54) is 6.92 Å². The summed E-state index contributed by atoms with van der Waals surface area (Å²) in [6.07, 6.45) is 0.187. The quantitative estimate of drug-likeness (QED) is 0.718. The number of aliphatic carboxylic acids is 1. The minimum atomic E-state index is -1.18. The predicted molar refractivity (Wildman–Crippen MR) is 49.5 cm³/mol. The van der Waals surface area contributed by atoms with Crippen molar-refractivity contribution in [3.63, 3.8) is 0 Å². The first-order valence-electron chi connectivity index (χ1n) is 4.37. The van der Waals surface area contributed by atoms with Crippen molar-refractivity contribution in [3.8, 4) is 0 Å². The van der Waals surface area contributed by atoms with Gasteiger partial charge in [-0.3, -0.25) is 19.3 Å². The fourth-order valence-corrected chi connectivity index (χ4v) is 0.970. The maximum atomic E-state index is 11.4. The number of hydrogen-bond donors (Lipinski definition) is 1. The van der Waals surface area contributed by atoms with Crippen molar-refractivity contribution in [3.05, 3.63) is 0 Å². The summed E-state index contributed by atoms with van der Waals surface area (Å²) in [5, 5.41) is 8.47. The second-order valence-corrected chi connectivity index (χ2v) is 3.49. The van der Waals surface area contributed by atoms with Crippen LogP contribution in [0.25, 0.3) is 0 Å². The molecule has 0 aliphatic heterocycles. The van der Waals surface area contributed by atoms with Crippen molar-refractivity contribution in [2.45, 2.75) is 27.2 Å². The van der Waals surface area contributed by atoms with Crippen molar-refractivity contribution >= 4 is 17.8 Å². The zero-order chi connectivity index (χ0) is 11.3. The molecule has 0 saturated heterocycles. The number of hydrogen-bond acceptors (Lipinski definition) is 3. The molecule has 0 radical (unpaired) electrons. The Bertz CT molecular complexity index is 247. The van der Waals surface area contributed by atoms with Gasteiger partial charge in [0, 0.05) is 13.3 Å². The van der Waals surface area contributed by atoms with E-state index in [1.54, 1.807) is 0 Å². The van der Waals surface area contributed by atoms with Crippen molar-refractivity contribution in [2.24, 2.45) is 5.92 Å². The molecular weight excluding hydrogens is 186 g/mol. The third-order valence-electron chi connectivity index (χ3n) is 1.56. The number of amides is 2. The van der Waals surface area contributed by atoms with Crippen molar-refractivity contribution in [1.82, 2.24) is 4.90 Å². The van der Waals surface area contributed by atoms with E-state index in [0.29, 0.717) is 0 Å². The molecule has 0 aromatic heterocycles. The number of nitrogens with zero attached hydrogens (tertiary/aromatic N) is 1. The zero-order valence-corrected chi connectivity index (χ0v) is 8.61. The predicted octanol–water partition coefficient (Wildman–Crippen LogP) is 0.492. The van der Waals surface area contributed by atoms with Gasteiger partial charge >= 0.3 is 5.97 Å². The Kier molecular flexibility index (Phi) is 4.83. The van der Waals surface area contributed by atoms with Crippen LogP contribution in [0.2, 0.25) is 0 Å². The first kappa shape index (κ1) is 12.6. The summed E-state index contributed by atoms with van der Waals surface area (Å²) in [6.45, 7) is 4.29. The molecule has 0 aromatic carbocycles. The van der Waals surface area contributed by atoms with Crippen LogP contribution in [0.4, 0.5) is 0 Å². The van der Waals surface area contributed by atoms with Gasteiger partial charge in [0.1, 0.15) is 6.54 Å². The van der Waals surface area contributed by atoms with E-state index in [4.69, 9.17) is 5.11 Å². The van der Waals surface area contributed by atoms with Gasteiger partial charge in [0.2, 0.25) is 11.8 Å². The smallest absolute Gasteiger partial charge is 0.323 e. The van der Waals surface area contributed by atoms with Gasteiger partial charge in [0.15, 0.2) is 0 Å². The average Bonchev–Trinajstić information content (AvgIpc) is 1.97. The summed E-state index contributed by atoms with van der Waals surface area (Å²) in [5.41, 5.74) is 0. The first-order valence-corrected chi connectivity index (χ1v) is 4.37. The standard InChI is InChI=1S/C9H15NO4/c1-6(2)4-8(12)10(7(3)11)5-9(13)14/h6H,4-5H2,1-3H3,(H,13,14). The molecule has 0 atom stereocenters. The van der Waals surface area contributed by atoms with Gasteiger partial charge in [-0.25, -0.2) is 0 Å². The highest BCUT2D eigenvalue weighted by atomic mass is 16.4. The van der Waals surface area contributed by atoms with Crippen molar-refractivity contribution in [1.29, 1.82) is 0 Å². The fourth-order valence-electron chi connectivity index (χ4n) is 0.970. The van der Waals surface area contributed by atoms with E-state index >= 15 is 0 Å². The Morgan fingerprint density at radius 1 is 1.29 bits per heavy atom. The van der Waals surface area contributed by atoms with E-state index in [1.807, 2.05) is 13.8 Å². The maximum absolute atomic E-state index is 11.4. The molecule has 1 N–H and O–H groups in total. The Hall–Kier alpha value is -1.39. The van der Waals surface area contributed by atoms with Gasteiger partial charge in [-0.05, 0) is 5.92 Å². The van der Waals surface area contributed by atoms with Crippen LogP contribution in [-0.2, 0) is 14.4 Å². The molecule has 80 valence electrons. The van der Waals surface area contributed by atoms with E-state index in [0.717, 1.165) is 4.90 Å². The van der Waals surface area contributed by atoms with Crippen molar-refractivity contribution < 1.29 is 19.5 Å². The second kappa shape index (κ2) is 5.36. The van der Waals surface area contributed by atoms with E-state index in [9.17, 15) is 14.4 Å². The molecule has 0 unspecified atom stereocenters. The first-order chi connectivity index (χ1) is 6.34. The van der Waals surface area contributed by atoms with Crippen molar-refractivity contribution in [2.75, 3.05) is 6.54 Å². The molecule has 0 aromatic rings. The summed E-state index contributed by atoms with van der Waals surface area (Å²) in [5.74, 6) is -2.04. The normalized spacial score (nSPS) is 10.0. The summed E-state index contributed by atoms with van der Waals surface area (Å²) in [6, 6.07) is 0. The highest BCUT2D eigenvalue weighted by Crippen LogP contribution is 2.04. The highest BCUT2D eigenvalue weighted by molar-refractivity contribution is 5.97. The highest BCUT2D eigenvalue weighted by Gasteiger charge is 2.21. The largest absolute Gasteiger partial charge is 0.480 e. The third-order valence-corrected chi connectivity index (χ3v) is 1.56. The maximum Gasteiger partial charge on any atom is 0.323 e.